The molecule has 0 spiro atoms. The summed E-state index contributed by atoms with van der Waals surface area (Å²) < 4.78 is -0.157. The summed E-state index contributed by atoms with van der Waals surface area (Å²) in [6.45, 7) is 4.82. The number of hydrogen-bond donors (Lipinski definition) is 0. The molecule has 2 heterocycles. The molecule has 4 rings (SSSR count). The molecule has 4 nitrogen and oxygen atoms in total. The number of benzene rings is 2. The van der Waals surface area contributed by atoms with Crippen LogP contribution < -0.4 is 0 Å². The molecule has 1 saturated heterocycles. The molecule has 2 aliphatic heterocycles. The molecule has 2 aromatic carbocycles. The number of likely N-dealkylation sites (N-methyl/N-ethyl adjacent to an activating group) is 1. The second-order valence-electron chi connectivity index (χ2n) is 6.74. The lowest BCUT2D eigenvalue weighted by Crippen LogP contribution is -2.55. The van der Waals surface area contributed by atoms with Gasteiger partial charge in [0.2, 0.25) is 0 Å². The molecule has 0 N–H and O–H groups in total. The van der Waals surface area contributed by atoms with Gasteiger partial charge in [-0.25, -0.2) is 4.99 Å². The molecule has 0 saturated carbocycles. The van der Waals surface area contributed by atoms with Crippen molar-refractivity contribution in [2.24, 2.45) is 4.99 Å². The van der Waals surface area contributed by atoms with E-state index in [-0.39, 0.29) is 4.65 Å². The summed E-state index contributed by atoms with van der Waals surface area (Å²) in [6.07, 6.45) is 0. The van der Waals surface area contributed by atoms with Crippen molar-refractivity contribution >= 4 is 23.3 Å². The van der Waals surface area contributed by atoms with Gasteiger partial charge in [-0.05, 0) is 31.2 Å². The lowest BCUT2D eigenvalue weighted by atomic mass is 10.1. The van der Waals surface area contributed by atoms with E-state index in [4.69, 9.17) is 4.99 Å². The molecule has 0 amide bonds. The number of amidine groups is 1. The average Bonchev–Trinajstić information content (AvgIpc) is 2.71. The molecular weight excluding hydrogens is 318 g/mol. The fourth-order valence-electron chi connectivity index (χ4n) is 3.18. The van der Waals surface area contributed by atoms with Crippen LogP contribution in [-0.2, 0) is 0 Å². The van der Waals surface area contributed by atoms with E-state index in [1.54, 1.807) is 18.8 Å². The first-order valence-electron chi connectivity index (χ1n) is 8.29. The van der Waals surface area contributed by atoms with E-state index in [9.17, 15) is 5.21 Å². The van der Waals surface area contributed by atoms with E-state index < -0.39 is 0 Å². The molecule has 0 atom stereocenters. The summed E-state index contributed by atoms with van der Waals surface area (Å²) in [5, 5.41) is 12.2. The van der Waals surface area contributed by atoms with Gasteiger partial charge in [0, 0.05) is 15.4 Å². The van der Waals surface area contributed by atoms with Crippen LogP contribution in [0.25, 0.3) is 0 Å². The van der Waals surface area contributed by atoms with Gasteiger partial charge in [0.1, 0.15) is 5.84 Å². The third kappa shape index (κ3) is 2.95. The van der Waals surface area contributed by atoms with Crippen molar-refractivity contribution in [3.05, 3.63) is 58.8 Å². The van der Waals surface area contributed by atoms with Gasteiger partial charge >= 0.3 is 0 Å². The van der Waals surface area contributed by atoms with Gasteiger partial charge < -0.3 is 14.8 Å². The van der Waals surface area contributed by atoms with Crippen molar-refractivity contribution in [1.82, 2.24) is 4.90 Å². The second-order valence-corrected chi connectivity index (χ2v) is 7.82. The Hall–Kier alpha value is -1.82. The Morgan fingerprint density at radius 3 is 2.62 bits per heavy atom. The van der Waals surface area contributed by atoms with Crippen molar-refractivity contribution in [3.63, 3.8) is 0 Å². The lowest BCUT2D eigenvalue weighted by Gasteiger charge is -2.46. The predicted molar refractivity (Wildman–Crippen MR) is 98.8 cm³/mol. The maximum atomic E-state index is 12.2. The standard InChI is InChI=1S/C19H21N3OS/c1-14-7-8-17-15(13-14)19(21-9-11-22(2,23)12-10-21)20-16-5-3-4-6-18(16)24-17/h3-8,13H,9-12H2,1-2H3. The minimum absolute atomic E-state index is 0.157. The van der Waals surface area contributed by atoms with Crippen LogP contribution in [0.2, 0.25) is 0 Å². The maximum Gasteiger partial charge on any atom is 0.138 e. The first-order valence-corrected chi connectivity index (χ1v) is 9.11. The molecule has 24 heavy (non-hydrogen) atoms. The molecule has 1 fully saturated rings. The topological polar surface area (TPSA) is 38.7 Å². The molecule has 2 aromatic rings. The Morgan fingerprint density at radius 2 is 1.83 bits per heavy atom. The number of fused-ring (bicyclic) bond motifs is 2. The number of quaternary nitrogens is 1. The van der Waals surface area contributed by atoms with Crippen LogP contribution in [0.3, 0.4) is 0 Å². The summed E-state index contributed by atoms with van der Waals surface area (Å²) in [4.78, 5) is 9.69. The molecule has 0 bridgehead atoms. The summed E-state index contributed by atoms with van der Waals surface area (Å²) in [5.41, 5.74) is 3.42. The highest BCUT2D eigenvalue weighted by molar-refractivity contribution is 7.99. The third-order valence-corrected chi connectivity index (χ3v) is 5.81. The Kier molecular flexibility index (Phi) is 3.87. The predicted octanol–water partition coefficient (Wildman–Crippen LogP) is 3.80. The van der Waals surface area contributed by atoms with Gasteiger partial charge in [-0.2, -0.15) is 0 Å². The van der Waals surface area contributed by atoms with Gasteiger partial charge in [-0.3, -0.25) is 0 Å². The van der Waals surface area contributed by atoms with Crippen LogP contribution in [0, 0.1) is 12.1 Å². The first kappa shape index (κ1) is 15.7. The van der Waals surface area contributed by atoms with Crippen LogP contribution in [0.5, 0.6) is 0 Å². The highest BCUT2D eigenvalue weighted by Gasteiger charge is 2.27. The highest BCUT2D eigenvalue weighted by atomic mass is 32.2. The number of nitrogens with zero attached hydrogens (tertiary/aromatic N) is 3. The zero-order chi connectivity index (χ0) is 16.7. The Balaban J connectivity index is 1.81. The van der Waals surface area contributed by atoms with Gasteiger partial charge in [-0.15, -0.1) is 0 Å². The molecule has 2 aliphatic rings. The van der Waals surface area contributed by atoms with E-state index >= 15 is 0 Å². The number of aryl methyl sites for hydroxylation is 1. The average molecular weight is 339 g/mol. The fraction of sp³-hybridized carbons (Fsp3) is 0.316. The number of hydroxylamine groups is 3. The monoisotopic (exact) mass is 339 g/mol. The molecule has 5 heteroatoms. The largest absolute Gasteiger partial charge is 0.633 e. The SMILES string of the molecule is Cc1ccc2c(c1)C(N1CC[N+](C)([O-])CC1)=Nc1ccccc1S2. The van der Waals surface area contributed by atoms with Crippen LogP contribution in [-0.4, -0.2) is 48.6 Å². The van der Waals surface area contributed by atoms with Gasteiger partial charge in [0.15, 0.2) is 0 Å². The Morgan fingerprint density at radius 1 is 1.08 bits per heavy atom. The molecule has 124 valence electrons. The smallest absolute Gasteiger partial charge is 0.138 e. The van der Waals surface area contributed by atoms with Crippen molar-refractivity contribution in [3.8, 4) is 0 Å². The summed E-state index contributed by atoms with van der Waals surface area (Å²) in [5.74, 6) is 1.01. The van der Waals surface area contributed by atoms with Crippen LogP contribution >= 0.6 is 11.8 Å². The van der Waals surface area contributed by atoms with E-state index in [1.165, 1.54) is 20.9 Å². The quantitative estimate of drug-likeness (QED) is 0.541. The summed E-state index contributed by atoms with van der Waals surface area (Å²) in [6, 6.07) is 14.8. The van der Waals surface area contributed by atoms with Crippen molar-refractivity contribution < 1.29 is 4.65 Å². The van der Waals surface area contributed by atoms with E-state index in [1.807, 2.05) is 6.07 Å². The van der Waals surface area contributed by atoms with Crippen molar-refractivity contribution in [2.45, 2.75) is 16.7 Å². The normalized spacial score (nSPS) is 19.1. The van der Waals surface area contributed by atoms with E-state index in [2.05, 4.69) is 48.2 Å². The van der Waals surface area contributed by atoms with Crippen LogP contribution in [0.15, 0.2) is 57.2 Å². The lowest BCUT2D eigenvalue weighted by molar-refractivity contribution is -0.864. The second kappa shape index (κ2) is 5.92. The van der Waals surface area contributed by atoms with E-state index in [0.29, 0.717) is 13.1 Å². The zero-order valence-corrected chi connectivity index (χ0v) is 14.8. The van der Waals surface area contributed by atoms with E-state index in [0.717, 1.165) is 24.6 Å². The number of rotatable bonds is 0. The minimum Gasteiger partial charge on any atom is -0.633 e. The summed E-state index contributed by atoms with van der Waals surface area (Å²) >= 11 is 1.77. The van der Waals surface area contributed by atoms with Crippen LogP contribution in [0.1, 0.15) is 11.1 Å². The van der Waals surface area contributed by atoms with Crippen molar-refractivity contribution in [1.29, 1.82) is 0 Å². The molecular formula is C19H21N3OS. The summed E-state index contributed by atoms with van der Waals surface area (Å²) in [7, 11) is 1.76. The van der Waals surface area contributed by atoms with Gasteiger partial charge in [0.05, 0.1) is 38.9 Å². The molecule has 0 unspecified atom stereocenters. The third-order valence-electron chi connectivity index (χ3n) is 4.67. The highest BCUT2D eigenvalue weighted by Crippen LogP contribution is 2.40. The van der Waals surface area contributed by atoms with Gasteiger partial charge in [-0.1, -0.05) is 35.5 Å². The first-order chi connectivity index (χ1) is 11.5. The Bertz CT molecular complexity index is 806. The van der Waals surface area contributed by atoms with Crippen molar-refractivity contribution in [2.75, 3.05) is 33.2 Å². The number of piperazine rings is 1. The molecule has 0 radical (unpaired) electrons. The zero-order valence-electron chi connectivity index (χ0n) is 14.0. The minimum atomic E-state index is -0.157. The number of aliphatic imine (C=N–C) groups is 1. The van der Waals surface area contributed by atoms with Crippen LogP contribution in [0.4, 0.5) is 5.69 Å². The number of hydrogen-bond acceptors (Lipinski definition) is 4. The maximum absolute atomic E-state index is 12.2. The number of para-hydroxylation sites is 1. The fourth-order valence-corrected chi connectivity index (χ4v) is 4.18. The van der Waals surface area contributed by atoms with Gasteiger partial charge in [0.25, 0.3) is 0 Å². The molecule has 0 aromatic heterocycles. The molecule has 0 aliphatic carbocycles. The Labute approximate surface area is 147 Å².